The van der Waals surface area contributed by atoms with Gasteiger partial charge in [-0.05, 0) is 44.9 Å². The predicted octanol–water partition coefficient (Wildman–Crippen LogP) is 9.79. The molecule has 1 amide bonds. The van der Waals surface area contributed by atoms with Crippen molar-refractivity contribution in [1.82, 2.24) is 0 Å². The lowest BCUT2D eigenvalue weighted by Gasteiger charge is -2.11. The fourth-order valence-electron chi connectivity index (χ4n) is 3.82. The van der Waals surface area contributed by atoms with Gasteiger partial charge in [-0.1, -0.05) is 123 Å². The van der Waals surface area contributed by atoms with Gasteiger partial charge in [0.05, 0.1) is 13.2 Å². The minimum atomic E-state index is -3.79. The molecule has 0 saturated heterocycles. The average molecular weight is 548 g/mol. The van der Waals surface area contributed by atoms with Gasteiger partial charge in [-0.25, -0.2) is 4.57 Å². The van der Waals surface area contributed by atoms with Crippen molar-refractivity contribution in [2.24, 2.45) is 5.73 Å². The van der Waals surface area contributed by atoms with Gasteiger partial charge < -0.3 is 10.6 Å². The normalized spacial score (nSPS) is 11.6. The zero-order valence-corrected chi connectivity index (χ0v) is 25.6. The van der Waals surface area contributed by atoms with Crippen LogP contribution >= 0.6 is 7.82 Å². The molecule has 0 aliphatic heterocycles. The van der Waals surface area contributed by atoms with E-state index in [2.05, 4.69) is 32.9 Å². The fourth-order valence-corrected chi connectivity index (χ4v) is 4.62. The highest BCUT2D eigenvalue weighted by molar-refractivity contribution is 7.47. The highest BCUT2D eigenvalue weighted by Gasteiger charge is 2.19. The first-order valence-electron chi connectivity index (χ1n) is 15.4. The van der Waals surface area contributed by atoms with E-state index >= 15 is 0 Å². The quantitative estimate of drug-likeness (QED) is 0.0605. The van der Waals surface area contributed by atoms with Crippen LogP contribution in [0.1, 0.15) is 162 Å². The molecule has 0 radical (unpaired) electrons. The number of hydrogen-bond donors (Lipinski definition) is 2. The fraction of sp³-hybridized carbons (Fsp3) is 0.900. The Morgan fingerprint density at radius 2 is 0.973 bits per heavy atom. The molecule has 3 N–H and O–H groups in total. The smallest absolute Gasteiger partial charge is 0.370 e. The van der Waals surface area contributed by atoms with Crippen LogP contribution in [-0.2, 0) is 18.4 Å². The monoisotopic (exact) mass is 547 g/mol. The van der Waals surface area contributed by atoms with E-state index in [9.17, 15) is 14.3 Å². The molecule has 0 atom stereocenters. The van der Waals surface area contributed by atoms with Gasteiger partial charge in [-0.15, -0.1) is 0 Å². The van der Waals surface area contributed by atoms with E-state index in [0.717, 1.165) is 64.2 Å². The van der Waals surface area contributed by atoms with E-state index in [-0.39, 0.29) is 5.91 Å². The average Bonchev–Trinajstić information content (AvgIpc) is 2.86. The number of nitrogens with two attached hydrogens (primary N) is 1. The Hall–Kier alpha value is -0.680. The molecular formula is C30H62NO5P. The Balaban J connectivity index is 0. The standard InChI is InChI=1S/C18H35NO.C12H27O4P/c1-2-3-4-5-6-7-8-9-10-11-12-13-14-15-16-17-18(19)20;1-3-5-7-9-11-15-17(13,14)16-12-10-8-6-4-2/h9-10H,2-8,11-17H2,1H3,(H2,19,20);3-12H2,1-2H3,(H,13,14). The Bertz CT molecular complexity index is 524. The van der Waals surface area contributed by atoms with Crippen molar-refractivity contribution in [3.63, 3.8) is 0 Å². The van der Waals surface area contributed by atoms with Crippen molar-refractivity contribution in [3.05, 3.63) is 12.2 Å². The molecule has 0 spiro atoms. The van der Waals surface area contributed by atoms with Gasteiger partial charge >= 0.3 is 7.82 Å². The van der Waals surface area contributed by atoms with Gasteiger partial charge in [0.25, 0.3) is 0 Å². The lowest BCUT2D eigenvalue weighted by Crippen LogP contribution is -2.09. The second-order valence-electron chi connectivity index (χ2n) is 10.1. The molecule has 0 fully saturated rings. The first-order valence-corrected chi connectivity index (χ1v) is 16.9. The minimum Gasteiger partial charge on any atom is -0.370 e. The van der Waals surface area contributed by atoms with Gasteiger partial charge in [0.15, 0.2) is 0 Å². The molecule has 0 saturated carbocycles. The molecule has 0 aromatic carbocycles. The Kier molecular flexibility index (Phi) is 32.8. The van der Waals surface area contributed by atoms with Gasteiger partial charge in [0.2, 0.25) is 5.91 Å². The van der Waals surface area contributed by atoms with Gasteiger partial charge in [0, 0.05) is 6.42 Å². The number of carbonyl (C=O) groups excluding carboxylic acids is 1. The Morgan fingerprint density at radius 1 is 0.622 bits per heavy atom. The highest BCUT2D eigenvalue weighted by atomic mass is 31.2. The molecule has 37 heavy (non-hydrogen) atoms. The molecule has 0 rings (SSSR count). The highest BCUT2D eigenvalue weighted by Crippen LogP contribution is 2.43. The summed E-state index contributed by atoms with van der Waals surface area (Å²) in [5, 5.41) is 0. The Labute approximate surface area is 230 Å². The van der Waals surface area contributed by atoms with Crippen LogP contribution in [0.25, 0.3) is 0 Å². The van der Waals surface area contributed by atoms with Crippen molar-refractivity contribution >= 4 is 13.7 Å². The summed E-state index contributed by atoms with van der Waals surface area (Å²) in [6.45, 7) is 7.13. The summed E-state index contributed by atoms with van der Waals surface area (Å²) in [6.07, 6.45) is 30.2. The van der Waals surface area contributed by atoms with E-state index in [1.165, 1.54) is 70.6 Å². The largest absolute Gasteiger partial charge is 0.472 e. The van der Waals surface area contributed by atoms with Crippen LogP contribution in [0.2, 0.25) is 0 Å². The lowest BCUT2D eigenvalue weighted by molar-refractivity contribution is -0.118. The van der Waals surface area contributed by atoms with Crippen molar-refractivity contribution in [1.29, 1.82) is 0 Å². The SMILES string of the molecule is CCCCCCCCC=CCCCCCCCC(N)=O.CCCCCCOP(=O)(O)OCCCCCC. The zero-order valence-electron chi connectivity index (χ0n) is 24.7. The first kappa shape index (κ1) is 38.5. The maximum absolute atomic E-state index is 11.4. The number of hydrogen-bond acceptors (Lipinski definition) is 4. The van der Waals surface area contributed by atoms with E-state index in [0.29, 0.717) is 19.6 Å². The number of primary amides is 1. The molecule has 222 valence electrons. The summed E-state index contributed by atoms with van der Waals surface area (Å²) in [6, 6.07) is 0. The van der Waals surface area contributed by atoms with Crippen LogP contribution < -0.4 is 5.73 Å². The number of carbonyl (C=O) groups is 1. The lowest BCUT2D eigenvalue weighted by atomic mass is 10.1. The number of amides is 1. The van der Waals surface area contributed by atoms with Crippen LogP contribution in [0.5, 0.6) is 0 Å². The van der Waals surface area contributed by atoms with E-state index < -0.39 is 7.82 Å². The van der Waals surface area contributed by atoms with Crippen molar-refractivity contribution in [2.75, 3.05) is 13.2 Å². The van der Waals surface area contributed by atoms with Crippen molar-refractivity contribution in [3.8, 4) is 0 Å². The summed E-state index contributed by atoms with van der Waals surface area (Å²) in [7, 11) is -3.79. The summed E-state index contributed by atoms with van der Waals surface area (Å²) in [4.78, 5) is 19.9. The third kappa shape index (κ3) is 37.5. The molecule has 0 aliphatic rings. The van der Waals surface area contributed by atoms with Gasteiger partial charge in [0.1, 0.15) is 0 Å². The third-order valence-electron chi connectivity index (χ3n) is 6.19. The van der Waals surface area contributed by atoms with Crippen molar-refractivity contribution in [2.45, 2.75) is 162 Å². The molecule has 6 nitrogen and oxygen atoms in total. The topological polar surface area (TPSA) is 98.9 Å². The van der Waals surface area contributed by atoms with E-state index in [1.54, 1.807) is 0 Å². The van der Waals surface area contributed by atoms with Crippen molar-refractivity contribution < 1.29 is 23.3 Å². The minimum absolute atomic E-state index is 0.164. The molecule has 0 aromatic rings. The molecule has 0 unspecified atom stereocenters. The number of unbranched alkanes of at least 4 members (excludes halogenated alkanes) is 17. The van der Waals surface area contributed by atoms with Crippen LogP contribution in [0.3, 0.4) is 0 Å². The second-order valence-corrected chi connectivity index (χ2v) is 11.5. The molecule has 7 heteroatoms. The number of rotatable bonds is 27. The van der Waals surface area contributed by atoms with Gasteiger partial charge in [-0.3, -0.25) is 13.8 Å². The van der Waals surface area contributed by atoms with E-state index in [4.69, 9.17) is 14.8 Å². The Morgan fingerprint density at radius 3 is 1.38 bits per heavy atom. The van der Waals surface area contributed by atoms with Gasteiger partial charge in [-0.2, -0.15) is 0 Å². The number of phosphoric acid groups is 1. The molecule has 0 aliphatic carbocycles. The maximum Gasteiger partial charge on any atom is 0.472 e. The van der Waals surface area contributed by atoms with E-state index in [1.807, 2.05) is 0 Å². The molecule has 0 aromatic heterocycles. The molecular weight excluding hydrogens is 485 g/mol. The predicted molar refractivity (Wildman–Crippen MR) is 159 cm³/mol. The number of allylic oxidation sites excluding steroid dienone is 2. The van der Waals surface area contributed by atoms with Crippen LogP contribution in [0, 0.1) is 0 Å². The summed E-state index contributed by atoms with van der Waals surface area (Å²) in [5.41, 5.74) is 5.10. The number of phosphoric ester groups is 1. The van der Waals surface area contributed by atoms with Crippen LogP contribution in [0.15, 0.2) is 12.2 Å². The third-order valence-corrected chi connectivity index (χ3v) is 7.21. The maximum atomic E-state index is 11.4. The summed E-state index contributed by atoms with van der Waals surface area (Å²) >= 11 is 0. The molecule has 0 bridgehead atoms. The molecule has 0 heterocycles. The second kappa shape index (κ2) is 31.5. The summed E-state index contributed by atoms with van der Waals surface area (Å²) < 4.78 is 21.1. The summed E-state index contributed by atoms with van der Waals surface area (Å²) in [5.74, 6) is -0.164. The zero-order chi connectivity index (χ0) is 27.9. The first-order chi connectivity index (χ1) is 17.9. The van der Waals surface area contributed by atoms with Crippen LogP contribution in [-0.4, -0.2) is 24.0 Å². The van der Waals surface area contributed by atoms with Crippen LogP contribution in [0.4, 0.5) is 0 Å².